The Labute approximate surface area is 136 Å². The Morgan fingerprint density at radius 3 is 2.52 bits per heavy atom. The second kappa shape index (κ2) is 6.21. The lowest BCUT2D eigenvalue weighted by Gasteiger charge is -2.26. The van der Waals surface area contributed by atoms with Crippen molar-refractivity contribution < 1.29 is 14.8 Å². The third kappa shape index (κ3) is 3.24. The molecule has 2 heterocycles. The smallest absolute Gasteiger partial charge is 0.324 e. The number of benzene rings is 1. The molecule has 0 aliphatic carbocycles. The predicted octanol–water partition coefficient (Wildman–Crippen LogP) is 3.29. The van der Waals surface area contributed by atoms with E-state index in [2.05, 4.69) is 0 Å². The molecule has 23 heavy (non-hydrogen) atoms. The van der Waals surface area contributed by atoms with Gasteiger partial charge in [0.15, 0.2) is 0 Å². The molecule has 0 saturated carbocycles. The maximum atomic E-state index is 12.4. The number of nitro groups is 1. The van der Waals surface area contributed by atoms with E-state index in [1.54, 1.807) is 17.0 Å². The van der Waals surface area contributed by atoms with Gasteiger partial charge in [0.1, 0.15) is 5.75 Å². The fourth-order valence-electron chi connectivity index (χ4n) is 2.49. The Bertz CT molecular complexity index is 780. The lowest BCUT2D eigenvalue weighted by Crippen LogP contribution is -2.34. The van der Waals surface area contributed by atoms with Crippen molar-refractivity contribution in [3.05, 3.63) is 63.0 Å². The molecule has 0 unspecified atom stereocenters. The molecular weight excluding hydrogens is 316 g/mol. The number of hydrogen-bond donors (Lipinski definition) is 1. The molecule has 0 fully saturated rings. The van der Waals surface area contributed by atoms with E-state index in [1.165, 1.54) is 12.1 Å². The Morgan fingerprint density at radius 1 is 1.22 bits per heavy atom. The zero-order chi connectivity index (χ0) is 16.4. The highest BCUT2D eigenvalue weighted by molar-refractivity contribution is 7.17. The SMILES string of the molecule is O=C(c1ccc([N+](=O)[O-])s1)N1CC=C(c2ccc(O)cc2)CC1. The van der Waals surface area contributed by atoms with E-state index in [9.17, 15) is 20.0 Å². The van der Waals surface area contributed by atoms with Gasteiger partial charge in [0.05, 0.1) is 9.80 Å². The number of nitrogens with zero attached hydrogens (tertiary/aromatic N) is 2. The summed E-state index contributed by atoms with van der Waals surface area (Å²) >= 11 is 0.903. The Balaban J connectivity index is 1.71. The van der Waals surface area contributed by atoms with Crippen LogP contribution in [0.4, 0.5) is 5.00 Å². The van der Waals surface area contributed by atoms with E-state index in [0.29, 0.717) is 24.4 Å². The number of carbonyl (C=O) groups is 1. The van der Waals surface area contributed by atoms with Gasteiger partial charge in [-0.05, 0) is 35.8 Å². The van der Waals surface area contributed by atoms with Gasteiger partial charge in [0.2, 0.25) is 0 Å². The molecule has 0 bridgehead atoms. The van der Waals surface area contributed by atoms with Crippen molar-refractivity contribution in [1.29, 1.82) is 0 Å². The van der Waals surface area contributed by atoms with E-state index >= 15 is 0 Å². The molecule has 1 aliphatic rings. The Kier molecular flexibility index (Phi) is 4.12. The number of amides is 1. The summed E-state index contributed by atoms with van der Waals surface area (Å²) in [6, 6.07) is 9.84. The van der Waals surface area contributed by atoms with Crippen molar-refractivity contribution in [3.63, 3.8) is 0 Å². The van der Waals surface area contributed by atoms with Crippen LogP contribution < -0.4 is 0 Å². The number of hydrogen-bond acceptors (Lipinski definition) is 5. The van der Waals surface area contributed by atoms with Crippen molar-refractivity contribution >= 4 is 27.8 Å². The fourth-order valence-corrected chi connectivity index (χ4v) is 3.28. The fraction of sp³-hybridized carbons (Fsp3) is 0.188. The number of carbonyl (C=O) groups excluding carboxylic acids is 1. The van der Waals surface area contributed by atoms with E-state index < -0.39 is 4.92 Å². The lowest BCUT2D eigenvalue weighted by molar-refractivity contribution is -0.380. The molecule has 0 atom stereocenters. The topological polar surface area (TPSA) is 83.7 Å². The quantitative estimate of drug-likeness (QED) is 0.691. The summed E-state index contributed by atoms with van der Waals surface area (Å²) in [5, 5.41) is 20.0. The van der Waals surface area contributed by atoms with E-state index in [1.807, 2.05) is 18.2 Å². The molecule has 1 aromatic carbocycles. The maximum absolute atomic E-state index is 12.4. The summed E-state index contributed by atoms with van der Waals surface area (Å²) in [4.78, 5) is 24.7. The molecule has 1 N–H and O–H groups in total. The zero-order valence-corrected chi connectivity index (χ0v) is 13.0. The number of aromatic hydroxyl groups is 1. The molecule has 3 rings (SSSR count). The van der Waals surface area contributed by atoms with Crippen molar-refractivity contribution in [2.75, 3.05) is 13.1 Å². The third-order valence-corrected chi connectivity index (χ3v) is 4.74. The highest BCUT2D eigenvalue weighted by atomic mass is 32.1. The monoisotopic (exact) mass is 330 g/mol. The zero-order valence-electron chi connectivity index (χ0n) is 12.1. The van der Waals surface area contributed by atoms with Crippen LogP contribution in [-0.2, 0) is 0 Å². The standard InChI is InChI=1S/C16H14N2O4S/c19-13-3-1-11(2-4-13)12-7-9-17(10-8-12)16(20)14-5-6-15(23-14)18(21)22/h1-7,19H,8-10H2. The number of phenols is 1. The van der Waals surface area contributed by atoms with Crippen LogP contribution in [0.2, 0.25) is 0 Å². The van der Waals surface area contributed by atoms with Gasteiger partial charge < -0.3 is 10.0 Å². The first kappa shape index (κ1) is 15.2. The van der Waals surface area contributed by atoms with Crippen LogP contribution in [0.15, 0.2) is 42.5 Å². The minimum absolute atomic E-state index is 0.0225. The molecule has 0 spiro atoms. The average Bonchev–Trinajstić information content (AvgIpc) is 3.05. The van der Waals surface area contributed by atoms with Gasteiger partial charge in [0.25, 0.3) is 5.91 Å². The van der Waals surface area contributed by atoms with Crippen LogP contribution in [-0.4, -0.2) is 33.9 Å². The van der Waals surface area contributed by atoms with Gasteiger partial charge in [-0.25, -0.2) is 0 Å². The molecule has 1 amide bonds. The van der Waals surface area contributed by atoms with Crippen LogP contribution >= 0.6 is 11.3 Å². The molecule has 0 radical (unpaired) electrons. The average molecular weight is 330 g/mol. The van der Waals surface area contributed by atoms with Gasteiger partial charge in [-0.2, -0.15) is 0 Å². The second-order valence-corrected chi connectivity index (χ2v) is 6.23. The highest BCUT2D eigenvalue weighted by Gasteiger charge is 2.22. The molecule has 118 valence electrons. The normalized spacial score (nSPS) is 14.4. The Hall–Kier alpha value is -2.67. The highest BCUT2D eigenvalue weighted by Crippen LogP contribution is 2.28. The minimum Gasteiger partial charge on any atom is -0.508 e. The van der Waals surface area contributed by atoms with Crippen LogP contribution in [0.3, 0.4) is 0 Å². The molecule has 0 saturated heterocycles. The molecular formula is C16H14N2O4S. The number of thiophene rings is 1. The van der Waals surface area contributed by atoms with Crippen LogP contribution in [0.5, 0.6) is 5.75 Å². The molecule has 7 heteroatoms. The summed E-state index contributed by atoms with van der Waals surface area (Å²) in [6.45, 7) is 1.04. The Morgan fingerprint density at radius 2 is 1.96 bits per heavy atom. The van der Waals surface area contributed by atoms with Crippen LogP contribution in [0.1, 0.15) is 21.7 Å². The van der Waals surface area contributed by atoms with E-state index in [4.69, 9.17) is 0 Å². The second-order valence-electron chi connectivity index (χ2n) is 5.17. The van der Waals surface area contributed by atoms with Gasteiger partial charge in [0, 0.05) is 19.2 Å². The summed E-state index contributed by atoms with van der Waals surface area (Å²) < 4.78 is 0. The summed E-state index contributed by atoms with van der Waals surface area (Å²) in [6.07, 6.45) is 2.69. The maximum Gasteiger partial charge on any atom is 0.324 e. The van der Waals surface area contributed by atoms with E-state index in [-0.39, 0.29) is 16.7 Å². The van der Waals surface area contributed by atoms with Crippen molar-refractivity contribution in [2.45, 2.75) is 6.42 Å². The summed E-state index contributed by atoms with van der Waals surface area (Å²) in [5.74, 6) is 0.0466. The van der Waals surface area contributed by atoms with E-state index in [0.717, 1.165) is 22.5 Å². The molecule has 2 aromatic rings. The number of rotatable bonds is 3. The summed E-state index contributed by atoms with van der Waals surface area (Å²) in [5.41, 5.74) is 2.16. The van der Waals surface area contributed by atoms with Gasteiger partial charge in [-0.3, -0.25) is 14.9 Å². The first-order valence-electron chi connectivity index (χ1n) is 7.06. The van der Waals surface area contributed by atoms with Gasteiger partial charge >= 0.3 is 5.00 Å². The van der Waals surface area contributed by atoms with Gasteiger partial charge in [-0.1, -0.05) is 29.5 Å². The third-order valence-electron chi connectivity index (χ3n) is 3.72. The predicted molar refractivity (Wildman–Crippen MR) is 87.6 cm³/mol. The van der Waals surface area contributed by atoms with Crippen molar-refractivity contribution in [3.8, 4) is 5.75 Å². The minimum atomic E-state index is -0.486. The molecule has 1 aromatic heterocycles. The number of phenolic OH excluding ortho intramolecular Hbond substituents is 1. The van der Waals surface area contributed by atoms with Crippen molar-refractivity contribution in [1.82, 2.24) is 4.90 Å². The lowest BCUT2D eigenvalue weighted by atomic mass is 9.99. The van der Waals surface area contributed by atoms with Gasteiger partial charge in [-0.15, -0.1) is 0 Å². The van der Waals surface area contributed by atoms with Crippen LogP contribution in [0.25, 0.3) is 5.57 Å². The molecule has 1 aliphatic heterocycles. The molecule has 6 nitrogen and oxygen atoms in total. The summed E-state index contributed by atoms with van der Waals surface area (Å²) in [7, 11) is 0. The first-order valence-corrected chi connectivity index (χ1v) is 7.88. The largest absolute Gasteiger partial charge is 0.508 e. The van der Waals surface area contributed by atoms with Crippen molar-refractivity contribution in [2.24, 2.45) is 0 Å². The first-order chi connectivity index (χ1) is 11.0. The van der Waals surface area contributed by atoms with Crippen LogP contribution in [0, 0.1) is 10.1 Å².